The molecule has 1 aromatic carbocycles. The van der Waals surface area contributed by atoms with Crippen LogP contribution in [0, 0.1) is 13.8 Å². The van der Waals surface area contributed by atoms with Crippen LogP contribution in [-0.4, -0.2) is 63.9 Å². The lowest BCUT2D eigenvalue weighted by atomic mass is 10.1. The van der Waals surface area contributed by atoms with Gasteiger partial charge in [-0.3, -0.25) is 4.68 Å². The van der Waals surface area contributed by atoms with Gasteiger partial charge in [-0.2, -0.15) is 9.82 Å². The Kier molecular flexibility index (Phi) is 6.81. The lowest BCUT2D eigenvalue weighted by Gasteiger charge is -2.32. The van der Waals surface area contributed by atoms with Gasteiger partial charge < -0.3 is 14.4 Å². The van der Waals surface area contributed by atoms with Crippen molar-refractivity contribution in [3.63, 3.8) is 0 Å². The van der Waals surface area contributed by atoms with Crippen LogP contribution in [0.25, 0.3) is 0 Å². The molecule has 2 aromatic rings. The molecule has 1 saturated heterocycles. The second kappa shape index (κ2) is 9.10. The van der Waals surface area contributed by atoms with Crippen LogP contribution in [0.2, 0.25) is 0 Å². The molecule has 6 nitrogen and oxygen atoms in total. The molecule has 1 aliphatic heterocycles. The predicted octanol–water partition coefficient (Wildman–Crippen LogP) is 2.35. The molecule has 0 bridgehead atoms. The SMILES string of the molecule is Cc1nn(C)c(C)c1N[S+]([O-])c1cccc(CCCN2CCN(C)CC2)c1. The number of nitrogens with zero attached hydrogens (tertiary/aromatic N) is 4. The van der Waals surface area contributed by atoms with Crippen LogP contribution < -0.4 is 4.72 Å². The molecule has 0 saturated carbocycles. The first-order chi connectivity index (χ1) is 12.9. The Morgan fingerprint density at radius 1 is 1.15 bits per heavy atom. The molecule has 1 N–H and O–H groups in total. The molecule has 7 heteroatoms. The third kappa shape index (κ3) is 5.25. The zero-order chi connectivity index (χ0) is 19.4. The van der Waals surface area contributed by atoms with Crippen molar-refractivity contribution in [1.82, 2.24) is 19.6 Å². The molecule has 3 rings (SSSR count). The van der Waals surface area contributed by atoms with Gasteiger partial charge in [0.15, 0.2) is 4.90 Å². The number of nitrogens with one attached hydrogen (secondary N) is 1. The van der Waals surface area contributed by atoms with Gasteiger partial charge in [-0.15, -0.1) is 0 Å². The van der Waals surface area contributed by atoms with Crippen LogP contribution in [0.1, 0.15) is 23.4 Å². The van der Waals surface area contributed by atoms with Crippen LogP contribution in [0.15, 0.2) is 29.2 Å². The van der Waals surface area contributed by atoms with Crippen LogP contribution in [0.5, 0.6) is 0 Å². The van der Waals surface area contributed by atoms with Crippen LogP contribution in [0.3, 0.4) is 0 Å². The smallest absolute Gasteiger partial charge is 0.180 e. The van der Waals surface area contributed by atoms with Gasteiger partial charge in [0.1, 0.15) is 17.0 Å². The zero-order valence-corrected chi connectivity index (χ0v) is 17.7. The molecule has 1 unspecified atom stereocenters. The van der Waals surface area contributed by atoms with Gasteiger partial charge in [0.05, 0.1) is 11.4 Å². The lowest BCUT2D eigenvalue weighted by molar-refractivity contribution is 0.153. The van der Waals surface area contributed by atoms with Crippen LogP contribution >= 0.6 is 0 Å². The van der Waals surface area contributed by atoms with Crippen molar-refractivity contribution in [1.29, 1.82) is 0 Å². The number of aryl methyl sites for hydroxylation is 3. The Labute approximate surface area is 165 Å². The Hall–Kier alpha value is -1.54. The molecule has 2 heterocycles. The summed E-state index contributed by atoms with van der Waals surface area (Å²) in [4.78, 5) is 5.74. The van der Waals surface area contributed by atoms with Gasteiger partial charge >= 0.3 is 0 Å². The number of likely N-dealkylation sites (N-methyl/N-ethyl adjacent to an activating group) is 1. The zero-order valence-electron chi connectivity index (χ0n) is 16.9. The fraction of sp³-hybridized carbons (Fsp3) is 0.550. The molecule has 1 aliphatic rings. The Morgan fingerprint density at radius 3 is 2.56 bits per heavy atom. The molecule has 1 atom stereocenters. The molecule has 0 amide bonds. The predicted molar refractivity (Wildman–Crippen MR) is 111 cm³/mol. The first-order valence-electron chi connectivity index (χ1n) is 9.62. The normalized spacial score (nSPS) is 17.2. The third-order valence-electron chi connectivity index (χ3n) is 5.35. The van der Waals surface area contributed by atoms with E-state index in [2.05, 4.69) is 38.8 Å². The largest absolute Gasteiger partial charge is 0.588 e. The minimum Gasteiger partial charge on any atom is -0.588 e. The molecule has 1 aromatic heterocycles. The van der Waals surface area contributed by atoms with Gasteiger partial charge in [-0.25, -0.2) is 0 Å². The standard InChI is InChI=1S/C20H31N5OS/c1-16-20(17(2)24(4)21-16)22-27(26)19-9-5-7-18(15-19)8-6-10-25-13-11-23(3)12-14-25/h5,7,9,15,22H,6,8,10-14H2,1-4H3. The van der Waals surface area contributed by atoms with Gasteiger partial charge in [0.2, 0.25) is 0 Å². The fourth-order valence-electron chi connectivity index (χ4n) is 3.47. The molecular weight excluding hydrogens is 358 g/mol. The van der Waals surface area contributed by atoms with E-state index < -0.39 is 11.4 Å². The third-order valence-corrected chi connectivity index (χ3v) is 6.42. The summed E-state index contributed by atoms with van der Waals surface area (Å²) in [6.07, 6.45) is 2.15. The highest BCUT2D eigenvalue weighted by Gasteiger charge is 2.18. The van der Waals surface area contributed by atoms with Crippen molar-refractivity contribution in [3.05, 3.63) is 41.2 Å². The summed E-state index contributed by atoms with van der Waals surface area (Å²) in [5.41, 5.74) is 3.96. The Bertz CT molecular complexity index is 755. The summed E-state index contributed by atoms with van der Waals surface area (Å²) in [5.74, 6) is 0. The number of benzene rings is 1. The van der Waals surface area contributed by atoms with Crippen molar-refractivity contribution in [3.8, 4) is 0 Å². The first kappa shape index (κ1) is 20.2. The van der Waals surface area contributed by atoms with Crippen molar-refractivity contribution in [2.75, 3.05) is 44.5 Å². The lowest BCUT2D eigenvalue weighted by Crippen LogP contribution is -2.44. The van der Waals surface area contributed by atoms with E-state index in [-0.39, 0.29) is 0 Å². The van der Waals surface area contributed by atoms with E-state index in [4.69, 9.17) is 0 Å². The highest BCUT2D eigenvalue weighted by atomic mass is 32.2. The second-order valence-corrected chi connectivity index (χ2v) is 8.65. The van der Waals surface area contributed by atoms with Gasteiger partial charge in [0, 0.05) is 33.2 Å². The van der Waals surface area contributed by atoms with Crippen molar-refractivity contribution in [2.45, 2.75) is 31.6 Å². The van der Waals surface area contributed by atoms with E-state index in [0.29, 0.717) is 0 Å². The molecular formula is C20H31N5OS. The number of aromatic nitrogens is 2. The average molecular weight is 390 g/mol. The number of hydrogen-bond donors (Lipinski definition) is 1. The van der Waals surface area contributed by atoms with Crippen molar-refractivity contribution in [2.24, 2.45) is 7.05 Å². The number of rotatable bonds is 7. The summed E-state index contributed by atoms with van der Waals surface area (Å²) < 4.78 is 17.7. The van der Waals surface area contributed by atoms with Crippen LogP contribution in [-0.2, 0) is 24.8 Å². The van der Waals surface area contributed by atoms with E-state index in [1.807, 2.05) is 37.7 Å². The molecule has 0 radical (unpaired) electrons. The summed E-state index contributed by atoms with van der Waals surface area (Å²) in [5, 5.41) is 4.38. The van der Waals surface area contributed by atoms with Gasteiger partial charge in [-0.05, 0) is 58.0 Å². The minimum absolute atomic E-state index is 0.815. The topological polar surface area (TPSA) is 59.4 Å². The maximum absolute atomic E-state index is 12.8. The molecule has 0 spiro atoms. The monoisotopic (exact) mass is 389 g/mol. The summed E-state index contributed by atoms with van der Waals surface area (Å²) >= 11 is -1.28. The molecule has 0 aliphatic carbocycles. The van der Waals surface area contributed by atoms with Crippen molar-refractivity contribution >= 4 is 17.0 Å². The van der Waals surface area contributed by atoms with Gasteiger partial charge in [0.25, 0.3) is 0 Å². The quantitative estimate of drug-likeness (QED) is 0.737. The highest BCUT2D eigenvalue weighted by Crippen LogP contribution is 2.23. The second-order valence-electron chi connectivity index (χ2n) is 7.44. The van der Waals surface area contributed by atoms with Crippen LogP contribution in [0.4, 0.5) is 5.69 Å². The number of piperazine rings is 1. The first-order valence-corrected chi connectivity index (χ1v) is 10.8. The summed E-state index contributed by atoms with van der Waals surface area (Å²) in [7, 11) is 4.09. The van der Waals surface area contributed by atoms with E-state index in [1.165, 1.54) is 5.56 Å². The summed E-state index contributed by atoms with van der Waals surface area (Å²) in [6.45, 7) is 9.69. The molecule has 27 heavy (non-hydrogen) atoms. The maximum atomic E-state index is 12.8. The van der Waals surface area contributed by atoms with E-state index in [1.54, 1.807) is 0 Å². The summed E-state index contributed by atoms with van der Waals surface area (Å²) in [6, 6.07) is 8.12. The Balaban J connectivity index is 1.55. The molecule has 1 fully saturated rings. The highest BCUT2D eigenvalue weighted by molar-refractivity contribution is 7.92. The number of hydrogen-bond acceptors (Lipinski definition) is 5. The minimum atomic E-state index is -1.28. The van der Waals surface area contributed by atoms with E-state index in [9.17, 15) is 4.55 Å². The molecule has 148 valence electrons. The van der Waals surface area contributed by atoms with E-state index in [0.717, 1.165) is 67.5 Å². The average Bonchev–Trinajstić information content (AvgIpc) is 2.90. The maximum Gasteiger partial charge on any atom is 0.180 e. The fourth-order valence-corrected chi connectivity index (χ4v) is 4.53. The van der Waals surface area contributed by atoms with E-state index >= 15 is 0 Å². The van der Waals surface area contributed by atoms with Gasteiger partial charge in [-0.1, -0.05) is 12.1 Å². The number of anilines is 1. The van der Waals surface area contributed by atoms with Crippen molar-refractivity contribution < 1.29 is 4.55 Å². The Morgan fingerprint density at radius 2 is 1.89 bits per heavy atom.